The Kier molecular flexibility index (Phi) is 3.33. The second-order valence-electron chi connectivity index (χ2n) is 3.65. The minimum atomic E-state index is -0.448. The number of ketones is 1. The van der Waals surface area contributed by atoms with Crippen LogP contribution in [0.4, 0.5) is 4.39 Å². The van der Waals surface area contributed by atoms with Crippen molar-refractivity contribution >= 4 is 21.7 Å². The highest BCUT2D eigenvalue weighted by atomic mass is 79.9. The van der Waals surface area contributed by atoms with Crippen molar-refractivity contribution in [1.82, 2.24) is 4.98 Å². The van der Waals surface area contributed by atoms with Crippen molar-refractivity contribution < 1.29 is 9.18 Å². The molecule has 0 radical (unpaired) electrons. The molecule has 2 rings (SSSR count). The van der Waals surface area contributed by atoms with Crippen LogP contribution in [-0.2, 0) is 0 Å². The summed E-state index contributed by atoms with van der Waals surface area (Å²) in [5.74, 6) is -0.681. The molecule has 0 aliphatic heterocycles. The number of halogens is 2. The highest BCUT2D eigenvalue weighted by Gasteiger charge is 2.11. The van der Waals surface area contributed by atoms with E-state index in [0.717, 1.165) is 5.69 Å². The predicted octanol–water partition coefficient (Wildman–Crippen LogP) is 3.52. The second kappa shape index (κ2) is 4.75. The van der Waals surface area contributed by atoms with Crippen LogP contribution in [0.5, 0.6) is 0 Å². The molecule has 0 atom stereocenters. The summed E-state index contributed by atoms with van der Waals surface area (Å²) < 4.78 is 13.6. The van der Waals surface area contributed by atoms with Crippen LogP contribution >= 0.6 is 15.9 Å². The number of pyridine rings is 1. The SMILES string of the molecule is Cc1ccc(C(=O)c2ccc(Br)c(F)c2)cn1. The Bertz CT molecular complexity index is 566. The van der Waals surface area contributed by atoms with Crippen molar-refractivity contribution in [2.24, 2.45) is 0 Å². The first-order chi connectivity index (χ1) is 8.08. The Morgan fingerprint density at radius 1 is 1.24 bits per heavy atom. The lowest BCUT2D eigenvalue weighted by atomic mass is 10.0. The van der Waals surface area contributed by atoms with Gasteiger partial charge in [-0.1, -0.05) is 0 Å². The molecular formula is C13H9BrFNO. The Morgan fingerprint density at radius 3 is 2.53 bits per heavy atom. The summed E-state index contributed by atoms with van der Waals surface area (Å²) in [6.07, 6.45) is 1.50. The van der Waals surface area contributed by atoms with Crippen molar-refractivity contribution in [3.05, 3.63) is 63.6 Å². The lowest BCUT2D eigenvalue weighted by molar-refractivity contribution is 0.103. The summed E-state index contributed by atoms with van der Waals surface area (Å²) >= 11 is 3.05. The molecule has 0 unspecified atom stereocenters. The molecule has 2 nitrogen and oxygen atoms in total. The van der Waals surface area contributed by atoms with Gasteiger partial charge < -0.3 is 0 Å². The molecule has 0 amide bonds. The molecule has 0 bridgehead atoms. The summed E-state index contributed by atoms with van der Waals surface area (Å²) in [6.45, 7) is 1.84. The molecule has 17 heavy (non-hydrogen) atoms. The number of aromatic nitrogens is 1. The van der Waals surface area contributed by atoms with E-state index >= 15 is 0 Å². The Labute approximate surface area is 107 Å². The highest BCUT2D eigenvalue weighted by Crippen LogP contribution is 2.18. The zero-order valence-electron chi connectivity index (χ0n) is 9.08. The van der Waals surface area contributed by atoms with Gasteiger partial charge in [-0.25, -0.2) is 4.39 Å². The van der Waals surface area contributed by atoms with E-state index in [4.69, 9.17) is 0 Å². The number of hydrogen-bond donors (Lipinski definition) is 0. The third kappa shape index (κ3) is 2.58. The van der Waals surface area contributed by atoms with Gasteiger partial charge in [0.05, 0.1) is 4.47 Å². The van der Waals surface area contributed by atoms with Crippen LogP contribution in [0.2, 0.25) is 0 Å². The maximum atomic E-state index is 13.3. The molecule has 0 saturated heterocycles. The van der Waals surface area contributed by atoms with Crippen LogP contribution in [-0.4, -0.2) is 10.8 Å². The molecule has 0 fully saturated rings. The van der Waals surface area contributed by atoms with Crippen molar-refractivity contribution in [1.29, 1.82) is 0 Å². The largest absolute Gasteiger partial charge is 0.289 e. The number of carbonyl (C=O) groups excluding carboxylic acids is 1. The molecule has 1 aromatic heterocycles. The molecule has 0 aliphatic rings. The van der Waals surface area contributed by atoms with E-state index in [0.29, 0.717) is 15.6 Å². The molecule has 0 saturated carbocycles. The van der Waals surface area contributed by atoms with E-state index < -0.39 is 5.82 Å². The standard InChI is InChI=1S/C13H9BrFNO/c1-8-2-3-10(7-16-8)13(17)9-4-5-11(14)12(15)6-9/h2-7H,1H3. The van der Waals surface area contributed by atoms with E-state index in [9.17, 15) is 9.18 Å². The van der Waals surface area contributed by atoms with Gasteiger partial charge in [-0.3, -0.25) is 9.78 Å². The normalized spacial score (nSPS) is 10.3. The van der Waals surface area contributed by atoms with Crippen molar-refractivity contribution in [2.45, 2.75) is 6.92 Å². The van der Waals surface area contributed by atoms with Crippen molar-refractivity contribution in [3.8, 4) is 0 Å². The van der Waals surface area contributed by atoms with Crippen LogP contribution < -0.4 is 0 Å². The first kappa shape index (κ1) is 11.9. The van der Waals surface area contributed by atoms with Gasteiger partial charge in [0.25, 0.3) is 0 Å². The predicted molar refractivity (Wildman–Crippen MR) is 66.5 cm³/mol. The Morgan fingerprint density at radius 2 is 1.94 bits per heavy atom. The van der Waals surface area contributed by atoms with Gasteiger partial charge in [-0.2, -0.15) is 0 Å². The Balaban J connectivity index is 2.37. The number of carbonyl (C=O) groups is 1. The van der Waals surface area contributed by atoms with E-state index in [-0.39, 0.29) is 5.78 Å². The fraction of sp³-hybridized carbons (Fsp3) is 0.0769. The summed E-state index contributed by atoms with van der Waals surface area (Å²) in [4.78, 5) is 16.0. The number of hydrogen-bond acceptors (Lipinski definition) is 2. The van der Waals surface area contributed by atoms with Gasteiger partial charge in [0.1, 0.15) is 5.82 Å². The lowest BCUT2D eigenvalue weighted by Crippen LogP contribution is -2.02. The van der Waals surface area contributed by atoms with Gasteiger partial charge in [-0.05, 0) is 53.2 Å². The van der Waals surface area contributed by atoms with Gasteiger partial charge >= 0.3 is 0 Å². The van der Waals surface area contributed by atoms with E-state index in [1.54, 1.807) is 18.2 Å². The monoisotopic (exact) mass is 293 g/mol. The molecule has 1 heterocycles. The fourth-order valence-electron chi connectivity index (χ4n) is 1.41. The van der Waals surface area contributed by atoms with Gasteiger partial charge in [0, 0.05) is 23.0 Å². The zero-order chi connectivity index (χ0) is 12.4. The third-order valence-electron chi connectivity index (χ3n) is 2.36. The molecule has 4 heteroatoms. The number of rotatable bonds is 2. The third-order valence-corrected chi connectivity index (χ3v) is 3.00. The van der Waals surface area contributed by atoms with Gasteiger partial charge in [-0.15, -0.1) is 0 Å². The maximum absolute atomic E-state index is 13.3. The molecular weight excluding hydrogens is 285 g/mol. The van der Waals surface area contributed by atoms with E-state index in [1.807, 2.05) is 6.92 Å². The summed E-state index contributed by atoms with van der Waals surface area (Å²) in [7, 11) is 0. The van der Waals surface area contributed by atoms with Crippen molar-refractivity contribution in [2.75, 3.05) is 0 Å². The minimum Gasteiger partial charge on any atom is -0.289 e. The minimum absolute atomic E-state index is 0.232. The summed E-state index contributed by atoms with van der Waals surface area (Å²) in [5, 5.41) is 0. The molecule has 0 aliphatic carbocycles. The molecule has 1 aromatic carbocycles. The molecule has 0 N–H and O–H groups in total. The molecule has 2 aromatic rings. The molecule has 86 valence electrons. The van der Waals surface area contributed by atoms with Crippen LogP contribution in [0, 0.1) is 12.7 Å². The summed E-state index contributed by atoms with van der Waals surface area (Å²) in [5.41, 5.74) is 1.61. The van der Waals surface area contributed by atoms with Crippen LogP contribution in [0.1, 0.15) is 21.6 Å². The van der Waals surface area contributed by atoms with Gasteiger partial charge in [0.2, 0.25) is 0 Å². The first-order valence-electron chi connectivity index (χ1n) is 5.00. The first-order valence-corrected chi connectivity index (χ1v) is 5.79. The van der Waals surface area contributed by atoms with Crippen LogP contribution in [0.15, 0.2) is 41.0 Å². The average molecular weight is 294 g/mol. The van der Waals surface area contributed by atoms with Crippen LogP contribution in [0.3, 0.4) is 0 Å². The highest BCUT2D eigenvalue weighted by molar-refractivity contribution is 9.10. The van der Waals surface area contributed by atoms with E-state index in [2.05, 4.69) is 20.9 Å². The lowest BCUT2D eigenvalue weighted by Gasteiger charge is -2.02. The quantitative estimate of drug-likeness (QED) is 0.793. The number of aryl methyl sites for hydroxylation is 1. The number of benzene rings is 1. The average Bonchev–Trinajstić information content (AvgIpc) is 2.33. The van der Waals surface area contributed by atoms with Gasteiger partial charge in [0.15, 0.2) is 5.78 Å². The van der Waals surface area contributed by atoms with Crippen molar-refractivity contribution in [3.63, 3.8) is 0 Å². The number of nitrogens with zero attached hydrogens (tertiary/aromatic N) is 1. The maximum Gasteiger partial charge on any atom is 0.194 e. The van der Waals surface area contributed by atoms with E-state index in [1.165, 1.54) is 18.3 Å². The second-order valence-corrected chi connectivity index (χ2v) is 4.50. The topological polar surface area (TPSA) is 30.0 Å². The smallest absolute Gasteiger partial charge is 0.194 e. The zero-order valence-corrected chi connectivity index (χ0v) is 10.7. The Hall–Kier alpha value is -1.55. The van der Waals surface area contributed by atoms with Crippen LogP contribution in [0.25, 0.3) is 0 Å². The molecule has 0 spiro atoms. The fourth-order valence-corrected chi connectivity index (χ4v) is 1.65. The summed E-state index contributed by atoms with van der Waals surface area (Å²) in [6, 6.07) is 7.75.